The summed E-state index contributed by atoms with van der Waals surface area (Å²) in [6, 6.07) is 15.1. The summed E-state index contributed by atoms with van der Waals surface area (Å²) in [7, 11) is 0. The van der Waals surface area contributed by atoms with Gasteiger partial charge in [0.15, 0.2) is 0 Å². The minimum absolute atomic E-state index is 0.0834. The molecular weight excluding hydrogens is 449 g/mol. The molecule has 2 aromatic rings. The second-order valence-corrected chi connectivity index (χ2v) is 9.03. The molecule has 0 saturated carbocycles. The Morgan fingerprint density at radius 1 is 1.12 bits per heavy atom. The topological polar surface area (TPSA) is 61.9 Å². The van der Waals surface area contributed by atoms with Gasteiger partial charge in [0, 0.05) is 41.7 Å². The highest BCUT2D eigenvalue weighted by atomic mass is 35.5. The van der Waals surface area contributed by atoms with E-state index in [1.165, 1.54) is 0 Å². The molecule has 2 aliphatic rings. The van der Waals surface area contributed by atoms with Crippen LogP contribution in [-0.4, -0.2) is 60.6 Å². The second kappa shape index (κ2) is 10.6. The van der Waals surface area contributed by atoms with Gasteiger partial charge in [-0.15, -0.1) is 0 Å². The first-order valence-electron chi connectivity index (χ1n) is 11.0. The maximum Gasteiger partial charge on any atom is 0.317 e. The number of likely N-dealkylation sites (tertiary alicyclic amines) is 2. The third-order valence-corrected chi connectivity index (χ3v) is 6.47. The van der Waals surface area contributed by atoms with E-state index < -0.39 is 0 Å². The summed E-state index contributed by atoms with van der Waals surface area (Å²) in [5.41, 5.74) is 1.85. The second-order valence-electron chi connectivity index (χ2n) is 8.19. The fourth-order valence-electron chi connectivity index (χ4n) is 4.06. The Kier molecular flexibility index (Phi) is 7.55. The molecule has 2 fully saturated rings. The number of nitrogens with one attached hydrogen (secondary N) is 1. The summed E-state index contributed by atoms with van der Waals surface area (Å²) < 4.78 is 6.37. The van der Waals surface area contributed by atoms with Gasteiger partial charge < -0.3 is 19.9 Å². The van der Waals surface area contributed by atoms with Crippen molar-refractivity contribution in [1.82, 2.24) is 15.1 Å². The van der Waals surface area contributed by atoms with E-state index in [2.05, 4.69) is 5.32 Å². The molecule has 1 N–H and O–H groups in total. The molecule has 8 heteroatoms. The van der Waals surface area contributed by atoms with Gasteiger partial charge in [0.2, 0.25) is 5.91 Å². The van der Waals surface area contributed by atoms with Crippen molar-refractivity contribution in [3.63, 3.8) is 0 Å². The Morgan fingerprint density at radius 2 is 1.88 bits per heavy atom. The lowest BCUT2D eigenvalue weighted by molar-refractivity contribution is -0.127. The van der Waals surface area contributed by atoms with Crippen molar-refractivity contribution >= 4 is 35.1 Å². The Hall–Kier alpha value is -2.28. The number of rotatable bonds is 8. The van der Waals surface area contributed by atoms with Crippen LogP contribution in [0.1, 0.15) is 36.5 Å². The Balaban J connectivity index is 1.27. The number of halogens is 2. The van der Waals surface area contributed by atoms with Crippen LogP contribution < -0.4 is 5.32 Å². The molecule has 1 atom stereocenters. The molecule has 1 unspecified atom stereocenters. The monoisotopic (exact) mass is 475 g/mol. The number of ether oxygens (including phenoxy) is 1. The molecule has 0 spiro atoms. The third kappa shape index (κ3) is 5.55. The Labute approximate surface area is 198 Å². The van der Waals surface area contributed by atoms with Crippen LogP contribution in [0.5, 0.6) is 0 Å². The first-order valence-corrected chi connectivity index (χ1v) is 11.7. The van der Waals surface area contributed by atoms with E-state index in [0.717, 1.165) is 30.5 Å². The number of amides is 3. The van der Waals surface area contributed by atoms with E-state index >= 15 is 0 Å². The van der Waals surface area contributed by atoms with E-state index in [1.807, 2.05) is 53.4 Å². The number of benzene rings is 2. The van der Waals surface area contributed by atoms with Gasteiger partial charge in [-0.1, -0.05) is 53.5 Å². The van der Waals surface area contributed by atoms with Crippen LogP contribution in [0.25, 0.3) is 0 Å². The van der Waals surface area contributed by atoms with E-state index in [9.17, 15) is 9.59 Å². The molecule has 2 aromatic carbocycles. The fraction of sp³-hybridized carbons (Fsp3) is 0.417. The minimum atomic E-state index is -0.339. The number of carbonyl (C=O) groups excluding carboxylic acids is 2. The molecule has 0 aromatic heterocycles. The number of hydrogen-bond acceptors (Lipinski definition) is 3. The lowest BCUT2D eigenvalue weighted by atomic mass is 10.0. The lowest BCUT2D eigenvalue weighted by Gasteiger charge is -2.40. The van der Waals surface area contributed by atoms with Gasteiger partial charge >= 0.3 is 6.03 Å². The van der Waals surface area contributed by atoms with Crippen molar-refractivity contribution in [3.8, 4) is 0 Å². The zero-order valence-electron chi connectivity index (χ0n) is 17.8. The van der Waals surface area contributed by atoms with Gasteiger partial charge in [-0.05, 0) is 36.6 Å². The van der Waals surface area contributed by atoms with Crippen LogP contribution in [0.2, 0.25) is 10.0 Å². The average molecular weight is 476 g/mol. The van der Waals surface area contributed by atoms with Crippen LogP contribution in [0.15, 0.2) is 48.5 Å². The SMILES string of the molecule is O=C1CCCN1CCCNC(=O)N1CC(OC(c2ccc(Cl)cc2)c2ccccc2Cl)C1. The molecule has 2 heterocycles. The highest BCUT2D eigenvalue weighted by Gasteiger charge is 2.34. The third-order valence-electron chi connectivity index (χ3n) is 5.88. The molecular formula is C24H27Cl2N3O3. The van der Waals surface area contributed by atoms with Gasteiger partial charge in [-0.2, -0.15) is 0 Å². The van der Waals surface area contributed by atoms with Crippen molar-refractivity contribution in [2.75, 3.05) is 32.7 Å². The van der Waals surface area contributed by atoms with Crippen LogP contribution in [0.3, 0.4) is 0 Å². The first kappa shape index (κ1) is 22.9. The summed E-state index contributed by atoms with van der Waals surface area (Å²) in [6.45, 7) is 3.12. The summed E-state index contributed by atoms with van der Waals surface area (Å²) in [4.78, 5) is 27.6. The summed E-state index contributed by atoms with van der Waals surface area (Å²) >= 11 is 12.5. The lowest BCUT2D eigenvalue weighted by Crippen LogP contribution is -2.58. The van der Waals surface area contributed by atoms with E-state index in [1.54, 1.807) is 4.90 Å². The molecule has 6 nitrogen and oxygen atoms in total. The average Bonchev–Trinajstić information content (AvgIpc) is 3.17. The van der Waals surface area contributed by atoms with Crippen molar-refractivity contribution in [2.45, 2.75) is 31.5 Å². The van der Waals surface area contributed by atoms with Crippen LogP contribution in [-0.2, 0) is 9.53 Å². The van der Waals surface area contributed by atoms with Gasteiger partial charge in [-0.25, -0.2) is 4.79 Å². The minimum Gasteiger partial charge on any atom is -0.362 e. The van der Waals surface area contributed by atoms with Gasteiger partial charge in [0.05, 0.1) is 19.2 Å². The smallest absolute Gasteiger partial charge is 0.317 e. The summed E-state index contributed by atoms with van der Waals surface area (Å²) in [6.07, 6.45) is 1.92. The van der Waals surface area contributed by atoms with E-state index in [0.29, 0.717) is 42.6 Å². The highest BCUT2D eigenvalue weighted by Crippen LogP contribution is 2.34. The zero-order chi connectivity index (χ0) is 22.5. The van der Waals surface area contributed by atoms with Crippen molar-refractivity contribution in [3.05, 3.63) is 69.7 Å². The van der Waals surface area contributed by atoms with Crippen LogP contribution >= 0.6 is 23.2 Å². The fourth-order valence-corrected chi connectivity index (χ4v) is 4.42. The van der Waals surface area contributed by atoms with Crippen molar-refractivity contribution in [2.24, 2.45) is 0 Å². The number of carbonyl (C=O) groups is 2. The number of hydrogen-bond donors (Lipinski definition) is 1. The standard InChI is InChI=1S/C24H27Cl2N3O3/c25-18-10-8-17(9-11-18)23(20-5-1-2-6-21(20)26)32-19-15-29(16-19)24(31)27-12-4-14-28-13-3-7-22(28)30/h1-2,5-6,8-11,19,23H,3-4,7,12-16H2,(H,27,31). The summed E-state index contributed by atoms with van der Waals surface area (Å²) in [5.74, 6) is 0.216. The van der Waals surface area contributed by atoms with Crippen LogP contribution in [0, 0.1) is 0 Å². The van der Waals surface area contributed by atoms with Gasteiger partial charge in [0.1, 0.15) is 6.10 Å². The summed E-state index contributed by atoms with van der Waals surface area (Å²) in [5, 5.41) is 4.23. The number of nitrogens with zero attached hydrogens (tertiary/aromatic N) is 2. The van der Waals surface area contributed by atoms with Crippen molar-refractivity contribution in [1.29, 1.82) is 0 Å². The molecule has 2 aliphatic heterocycles. The quantitative estimate of drug-likeness (QED) is 0.571. The van der Waals surface area contributed by atoms with Gasteiger partial charge in [0.25, 0.3) is 0 Å². The molecule has 0 aliphatic carbocycles. The van der Waals surface area contributed by atoms with E-state index in [-0.39, 0.29) is 24.1 Å². The molecule has 0 radical (unpaired) electrons. The zero-order valence-corrected chi connectivity index (χ0v) is 19.3. The van der Waals surface area contributed by atoms with Gasteiger partial charge in [-0.3, -0.25) is 4.79 Å². The first-order chi connectivity index (χ1) is 15.5. The maximum atomic E-state index is 12.4. The molecule has 2 saturated heterocycles. The molecule has 32 heavy (non-hydrogen) atoms. The normalized spacial score (nSPS) is 17.4. The highest BCUT2D eigenvalue weighted by molar-refractivity contribution is 6.31. The number of urea groups is 1. The van der Waals surface area contributed by atoms with E-state index in [4.69, 9.17) is 27.9 Å². The molecule has 0 bridgehead atoms. The largest absolute Gasteiger partial charge is 0.362 e. The van der Waals surface area contributed by atoms with Crippen LogP contribution in [0.4, 0.5) is 4.79 Å². The molecule has 4 rings (SSSR count). The molecule has 3 amide bonds. The Bertz CT molecular complexity index is 948. The Morgan fingerprint density at radius 3 is 2.56 bits per heavy atom. The van der Waals surface area contributed by atoms with Crippen molar-refractivity contribution < 1.29 is 14.3 Å². The predicted octanol–water partition coefficient (Wildman–Crippen LogP) is 4.51. The maximum absolute atomic E-state index is 12.4. The molecule has 170 valence electrons. The predicted molar refractivity (Wildman–Crippen MR) is 125 cm³/mol.